The number of hydrogen-bond donors (Lipinski definition) is 0. The molecule has 0 saturated heterocycles. The number of para-hydroxylation sites is 4. The Hall–Kier alpha value is -8.41. The molecule has 3 heterocycles. The van der Waals surface area contributed by atoms with E-state index in [4.69, 9.17) is 15.0 Å². The molecule has 66 heavy (non-hydrogen) atoms. The third-order valence-corrected chi connectivity index (χ3v) is 13.6. The van der Waals surface area contributed by atoms with Crippen molar-refractivity contribution in [3.8, 4) is 39.9 Å². The molecular formula is C61H45N5. The SMILES string of the molecule is Cc1cc(-c2nc(-c3ccccc3)nc(-c3ccccc3)n2)c(C)c(C)c1N1c2ccccc2C(c2ccccc2)(c2ccc3c(c2)c2ccccc2n3-c2ccccc2)c2ccccc21. The smallest absolute Gasteiger partial charge is 0.164 e. The summed E-state index contributed by atoms with van der Waals surface area (Å²) in [5.74, 6) is 1.96. The van der Waals surface area contributed by atoms with Crippen molar-refractivity contribution in [2.45, 2.75) is 26.2 Å². The molecule has 2 aromatic heterocycles. The molecule has 0 spiro atoms. The van der Waals surface area contributed by atoms with Gasteiger partial charge in [0.05, 0.1) is 33.5 Å². The summed E-state index contributed by atoms with van der Waals surface area (Å²) in [4.78, 5) is 17.8. The average molecular weight is 848 g/mol. The van der Waals surface area contributed by atoms with Gasteiger partial charge in [0.25, 0.3) is 0 Å². The van der Waals surface area contributed by atoms with Crippen LogP contribution in [0.4, 0.5) is 17.1 Å². The second-order valence-electron chi connectivity index (χ2n) is 17.3. The van der Waals surface area contributed by atoms with Crippen molar-refractivity contribution in [1.29, 1.82) is 0 Å². The van der Waals surface area contributed by atoms with Gasteiger partial charge in [0, 0.05) is 33.2 Å². The highest BCUT2D eigenvalue weighted by Gasteiger charge is 2.47. The van der Waals surface area contributed by atoms with E-state index in [9.17, 15) is 0 Å². The van der Waals surface area contributed by atoms with Crippen LogP contribution in [-0.2, 0) is 5.41 Å². The maximum atomic E-state index is 5.16. The first-order valence-corrected chi connectivity index (χ1v) is 22.6. The summed E-state index contributed by atoms with van der Waals surface area (Å²) in [6.45, 7) is 6.68. The maximum absolute atomic E-state index is 5.16. The van der Waals surface area contributed by atoms with Gasteiger partial charge in [0.1, 0.15) is 0 Å². The Kier molecular flexibility index (Phi) is 9.32. The summed E-state index contributed by atoms with van der Waals surface area (Å²) in [6.07, 6.45) is 0. The highest BCUT2D eigenvalue weighted by atomic mass is 15.2. The van der Waals surface area contributed by atoms with E-state index in [0.29, 0.717) is 17.5 Å². The van der Waals surface area contributed by atoms with Crippen molar-refractivity contribution >= 4 is 38.9 Å². The fourth-order valence-corrected chi connectivity index (χ4v) is 10.6. The second-order valence-corrected chi connectivity index (χ2v) is 17.3. The van der Waals surface area contributed by atoms with Crippen molar-refractivity contribution in [2.24, 2.45) is 0 Å². The van der Waals surface area contributed by atoms with E-state index in [-0.39, 0.29) is 0 Å². The number of fused-ring (bicyclic) bond motifs is 5. The highest BCUT2D eigenvalue weighted by Crippen LogP contribution is 2.59. The van der Waals surface area contributed by atoms with Crippen molar-refractivity contribution in [2.75, 3.05) is 4.90 Å². The van der Waals surface area contributed by atoms with Gasteiger partial charge in [-0.25, -0.2) is 15.0 Å². The average Bonchev–Trinajstić information content (AvgIpc) is 3.72. The van der Waals surface area contributed by atoms with Crippen LogP contribution in [0.1, 0.15) is 38.9 Å². The first-order valence-electron chi connectivity index (χ1n) is 22.6. The minimum Gasteiger partial charge on any atom is -0.309 e. The summed E-state index contributed by atoms with van der Waals surface area (Å²) in [6, 6.07) is 78.5. The Bertz CT molecular complexity index is 3510. The van der Waals surface area contributed by atoms with Crippen LogP contribution in [0, 0.1) is 20.8 Å². The lowest BCUT2D eigenvalue weighted by molar-refractivity contribution is 0.732. The summed E-state index contributed by atoms with van der Waals surface area (Å²) >= 11 is 0. The first kappa shape index (κ1) is 39.2. The predicted molar refractivity (Wildman–Crippen MR) is 271 cm³/mol. The molecule has 9 aromatic carbocycles. The molecule has 1 aliphatic heterocycles. The van der Waals surface area contributed by atoms with Crippen LogP contribution < -0.4 is 4.90 Å². The summed E-state index contributed by atoms with van der Waals surface area (Å²) < 4.78 is 2.40. The molecule has 0 atom stereocenters. The molecule has 314 valence electrons. The minimum atomic E-state index is -0.654. The molecular weight excluding hydrogens is 803 g/mol. The molecule has 5 nitrogen and oxygen atoms in total. The molecule has 5 heteroatoms. The monoisotopic (exact) mass is 847 g/mol. The Labute approximate surface area is 385 Å². The third kappa shape index (κ3) is 6.04. The van der Waals surface area contributed by atoms with Gasteiger partial charge in [-0.3, -0.25) is 0 Å². The molecule has 0 unspecified atom stereocenters. The number of benzene rings is 9. The van der Waals surface area contributed by atoms with Gasteiger partial charge in [-0.2, -0.15) is 0 Å². The molecule has 0 radical (unpaired) electrons. The highest BCUT2D eigenvalue weighted by molar-refractivity contribution is 6.10. The zero-order chi connectivity index (χ0) is 44.4. The van der Waals surface area contributed by atoms with Crippen LogP contribution in [0.5, 0.6) is 0 Å². The standard InChI is InChI=1S/C61H45N5/c1-40-38-49(60-63-58(43-22-8-4-9-23-43)62-59(64-60)44-24-10-5-11-25-44)41(2)42(3)57(40)66-55-34-20-17-31-51(55)61(45-26-12-6-13-27-45,52-32-18-21-35-56(52)66)46-36-37-54-50(39-46)48-30-16-19-33-53(48)65(54)47-28-14-7-15-29-47/h4-39H,1-3H3. The lowest BCUT2D eigenvalue weighted by atomic mass is 9.62. The van der Waals surface area contributed by atoms with E-state index < -0.39 is 5.41 Å². The maximum Gasteiger partial charge on any atom is 0.164 e. The van der Waals surface area contributed by atoms with Crippen LogP contribution in [0.3, 0.4) is 0 Å². The molecule has 1 aliphatic rings. The number of aryl methyl sites for hydroxylation is 1. The van der Waals surface area contributed by atoms with Gasteiger partial charge in [-0.05, 0) is 108 Å². The second kappa shape index (κ2) is 15.7. The zero-order valence-corrected chi connectivity index (χ0v) is 37.0. The third-order valence-electron chi connectivity index (χ3n) is 13.6. The van der Waals surface area contributed by atoms with E-state index in [1.165, 1.54) is 49.6 Å². The Morgan fingerprint density at radius 3 is 1.52 bits per heavy atom. The lowest BCUT2D eigenvalue weighted by Crippen LogP contribution is -2.38. The molecule has 0 fully saturated rings. The molecule has 0 bridgehead atoms. The van der Waals surface area contributed by atoms with Gasteiger partial charge in [0.15, 0.2) is 17.5 Å². The zero-order valence-electron chi connectivity index (χ0n) is 37.0. The largest absolute Gasteiger partial charge is 0.309 e. The van der Waals surface area contributed by atoms with Gasteiger partial charge in [-0.15, -0.1) is 0 Å². The number of aromatic nitrogens is 4. The van der Waals surface area contributed by atoms with Crippen LogP contribution in [-0.4, -0.2) is 19.5 Å². The van der Waals surface area contributed by atoms with Crippen molar-refractivity contribution in [3.05, 3.63) is 257 Å². The number of anilines is 3. The van der Waals surface area contributed by atoms with Crippen molar-refractivity contribution in [3.63, 3.8) is 0 Å². The predicted octanol–water partition coefficient (Wildman–Crippen LogP) is 15.1. The Morgan fingerprint density at radius 2 is 0.894 bits per heavy atom. The van der Waals surface area contributed by atoms with Gasteiger partial charge in [-0.1, -0.05) is 170 Å². The van der Waals surface area contributed by atoms with Crippen LogP contribution in [0.2, 0.25) is 0 Å². The fourth-order valence-electron chi connectivity index (χ4n) is 10.6. The molecule has 11 aromatic rings. The summed E-state index contributed by atoms with van der Waals surface area (Å²) in [5.41, 5.74) is 17.5. The summed E-state index contributed by atoms with van der Waals surface area (Å²) in [5, 5.41) is 2.45. The molecule has 0 saturated carbocycles. The van der Waals surface area contributed by atoms with Gasteiger partial charge < -0.3 is 9.47 Å². The van der Waals surface area contributed by atoms with Crippen LogP contribution in [0.25, 0.3) is 61.7 Å². The molecule has 0 N–H and O–H groups in total. The molecule has 12 rings (SSSR count). The topological polar surface area (TPSA) is 46.8 Å². The first-order chi connectivity index (χ1) is 32.5. The van der Waals surface area contributed by atoms with Crippen LogP contribution >= 0.6 is 0 Å². The van der Waals surface area contributed by atoms with E-state index >= 15 is 0 Å². The normalized spacial score (nSPS) is 12.9. The van der Waals surface area contributed by atoms with Crippen molar-refractivity contribution in [1.82, 2.24) is 19.5 Å². The Morgan fingerprint density at radius 1 is 0.394 bits per heavy atom. The minimum absolute atomic E-state index is 0.650. The van der Waals surface area contributed by atoms with E-state index in [2.05, 4.69) is 212 Å². The van der Waals surface area contributed by atoms with Crippen molar-refractivity contribution < 1.29 is 0 Å². The quantitative estimate of drug-likeness (QED) is 0.160. The van der Waals surface area contributed by atoms with E-state index in [0.717, 1.165) is 50.6 Å². The molecule has 0 aliphatic carbocycles. The lowest BCUT2D eigenvalue weighted by Gasteiger charge is -2.47. The summed E-state index contributed by atoms with van der Waals surface area (Å²) in [7, 11) is 0. The number of rotatable bonds is 7. The molecule has 0 amide bonds. The van der Waals surface area contributed by atoms with E-state index in [1.807, 2.05) is 36.4 Å². The van der Waals surface area contributed by atoms with E-state index in [1.54, 1.807) is 0 Å². The fraction of sp³-hybridized carbons (Fsp3) is 0.0656. The number of nitrogens with zero attached hydrogens (tertiary/aromatic N) is 5. The number of hydrogen-bond acceptors (Lipinski definition) is 4. The van der Waals surface area contributed by atoms with Gasteiger partial charge >= 0.3 is 0 Å². The van der Waals surface area contributed by atoms with Gasteiger partial charge in [0.2, 0.25) is 0 Å². The Balaban J connectivity index is 1.08. The van der Waals surface area contributed by atoms with Crippen LogP contribution in [0.15, 0.2) is 218 Å².